The van der Waals surface area contributed by atoms with E-state index in [4.69, 9.17) is 0 Å². The maximum absolute atomic E-state index is 13.0. The van der Waals surface area contributed by atoms with Gasteiger partial charge in [-0.3, -0.25) is 4.79 Å². The minimum absolute atomic E-state index is 0.0270. The molecule has 0 saturated carbocycles. The summed E-state index contributed by atoms with van der Waals surface area (Å²) in [5, 5.41) is 0.883. The summed E-state index contributed by atoms with van der Waals surface area (Å²) >= 11 is 5.15. The molecule has 1 aliphatic rings. The summed E-state index contributed by atoms with van der Waals surface area (Å²) in [4.78, 5) is 14.2. The molecule has 0 spiro atoms. The van der Waals surface area contributed by atoms with Crippen LogP contribution >= 0.6 is 27.7 Å². The summed E-state index contributed by atoms with van der Waals surface area (Å²) in [7, 11) is 0. The Morgan fingerprint density at radius 1 is 1.39 bits per heavy atom. The van der Waals surface area contributed by atoms with Crippen molar-refractivity contribution in [1.29, 1.82) is 0 Å². The van der Waals surface area contributed by atoms with Gasteiger partial charge in [-0.25, -0.2) is 4.39 Å². The third-order valence-electron chi connectivity index (χ3n) is 2.87. The molecule has 2 rings (SSSR count). The fraction of sp³-hybridized carbons (Fsp3) is 0.462. The van der Waals surface area contributed by atoms with Crippen molar-refractivity contribution < 1.29 is 9.18 Å². The second-order valence-corrected chi connectivity index (χ2v) is 7.33. The average Bonchev–Trinajstić information content (AvgIpc) is 2.26. The summed E-state index contributed by atoms with van der Waals surface area (Å²) in [6, 6.07) is 4.20. The van der Waals surface area contributed by atoms with Gasteiger partial charge in [0.15, 0.2) is 0 Å². The monoisotopic (exact) mass is 331 g/mol. The lowest BCUT2D eigenvalue weighted by Crippen LogP contribution is -2.44. The van der Waals surface area contributed by atoms with Crippen molar-refractivity contribution >= 4 is 33.6 Å². The van der Waals surface area contributed by atoms with Gasteiger partial charge in [0, 0.05) is 28.1 Å². The Bertz CT molecular complexity index is 458. The summed E-state index contributed by atoms with van der Waals surface area (Å²) in [6.07, 6.45) is 0. The van der Waals surface area contributed by atoms with Gasteiger partial charge in [-0.05, 0) is 34.1 Å². The highest BCUT2D eigenvalue weighted by Crippen LogP contribution is 2.27. The van der Waals surface area contributed by atoms with Gasteiger partial charge in [0.2, 0.25) is 0 Å². The highest BCUT2D eigenvalue weighted by Gasteiger charge is 2.27. The topological polar surface area (TPSA) is 20.3 Å². The molecule has 2 nitrogen and oxygen atoms in total. The van der Waals surface area contributed by atoms with E-state index < -0.39 is 0 Å². The zero-order chi connectivity index (χ0) is 13.3. The number of hydrogen-bond donors (Lipinski definition) is 0. The van der Waals surface area contributed by atoms with Crippen LogP contribution in [0.15, 0.2) is 22.7 Å². The molecule has 2 unspecified atom stereocenters. The minimum atomic E-state index is -0.339. The number of nitrogens with zero attached hydrogens (tertiary/aromatic N) is 1. The molecule has 0 radical (unpaired) electrons. The third kappa shape index (κ3) is 3.06. The number of hydrogen-bond acceptors (Lipinski definition) is 2. The lowest BCUT2D eigenvalue weighted by molar-refractivity contribution is 0.0752. The lowest BCUT2D eigenvalue weighted by atomic mass is 10.2. The van der Waals surface area contributed by atoms with Crippen molar-refractivity contribution in [3.8, 4) is 0 Å². The van der Waals surface area contributed by atoms with Crippen LogP contribution in [-0.2, 0) is 0 Å². The first-order valence-corrected chi connectivity index (χ1v) is 7.60. The number of thioether (sulfide) groups is 1. The lowest BCUT2D eigenvalue weighted by Gasteiger charge is -2.34. The van der Waals surface area contributed by atoms with E-state index in [9.17, 15) is 9.18 Å². The van der Waals surface area contributed by atoms with Gasteiger partial charge < -0.3 is 4.90 Å². The van der Waals surface area contributed by atoms with Gasteiger partial charge in [-0.15, -0.1) is 0 Å². The molecule has 2 atom stereocenters. The molecular formula is C13H15BrFNOS. The van der Waals surface area contributed by atoms with Gasteiger partial charge in [0.25, 0.3) is 5.91 Å². The maximum Gasteiger partial charge on any atom is 0.255 e. The predicted molar refractivity (Wildman–Crippen MR) is 76.5 cm³/mol. The van der Waals surface area contributed by atoms with Crippen molar-refractivity contribution in [3.63, 3.8) is 0 Å². The van der Waals surface area contributed by atoms with Gasteiger partial charge in [0.05, 0.1) is 5.56 Å². The quantitative estimate of drug-likeness (QED) is 0.784. The van der Waals surface area contributed by atoms with Crippen LogP contribution in [0.2, 0.25) is 0 Å². The van der Waals surface area contributed by atoms with E-state index in [1.54, 1.807) is 6.07 Å². The second-order valence-electron chi connectivity index (χ2n) is 4.59. The Morgan fingerprint density at radius 3 is 2.56 bits per heavy atom. The molecule has 0 aromatic heterocycles. The van der Waals surface area contributed by atoms with Crippen LogP contribution in [0.3, 0.4) is 0 Å². The van der Waals surface area contributed by atoms with Gasteiger partial charge in [0.1, 0.15) is 5.82 Å². The van der Waals surface area contributed by atoms with Gasteiger partial charge in [-0.2, -0.15) is 11.8 Å². The molecule has 1 amide bonds. The minimum Gasteiger partial charge on any atom is -0.336 e. The highest BCUT2D eigenvalue weighted by molar-refractivity contribution is 9.10. The summed E-state index contributed by atoms with van der Waals surface area (Å²) < 4.78 is 13.5. The molecule has 1 aromatic carbocycles. The van der Waals surface area contributed by atoms with Crippen molar-refractivity contribution in [2.45, 2.75) is 24.3 Å². The van der Waals surface area contributed by atoms with E-state index in [-0.39, 0.29) is 11.7 Å². The van der Waals surface area contributed by atoms with E-state index >= 15 is 0 Å². The largest absolute Gasteiger partial charge is 0.336 e. The summed E-state index contributed by atoms with van der Waals surface area (Å²) in [5.41, 5.74) is 0.530. The maximum atomic E-state index is 13.0. The van der Waals surface area contributed by atoms with Gasteiger partial charge >= 0.3 is 0 Å². The number of halogens is 2. The molecule has 18 heavy (non-hydrogen) atoms. The number of rotatable bonds is 1. The third-order valence-corrected chi connectivity index (χ3v) is 4.75. The fourth-order valence-corrected chi connectivity index (χ4v) is 4.02. The van der Waals surface area contributed by atoms with Crippen molar-refractivity contribution in [1.82, 2.24) is 4.90 Å². The van der Waals surface area contributed by atoms with E-state index in [2.05, 4.69) is 29.8 Å². The summed E-state index contributed by atoms with van der Waals surface area (Å²) in [5.74, 6) is -0.366. The van der Waals surface area contributed by atoms with Crippen LogP contribution < -0.4 is 0 Å². The molecule has 1 fully saturated rings. The van der Waals surface area contributed by atoms with Crippen molar-refractivity contribution in [2.24, 2.45) is 0 Å². The van der Waals surface area contributed by atoms with Crippen LogP contribution in [0.1, 0.15) is 24.2 Å². The number of amides is 1. The number of carbonyl (C=O) groups excluding carboxylic acids is 1. The molecule has 0 aliphatic carbocycles. The first-order valence-electron chi connectivity index (χ1n) is 5.87. The zero-order valence-electron chi connectivity index (χ0n) is 10.3. The zero-order valence-corrected chi connectivity index (χ0v) is 12.7. The fourth-order valence-electron chi connectivity index (χ4n) is 2.18. The first-order chi connectivity index (χ1) is 8.47. The van der Waals surface area contributed by atoms with Crippen molar-refractivity contribution in [3.05, 3.63) is 34.1 Å². The molecule has 0 N–H and O–H groups in total. The number of carbonyl (C=O) groups is 1. The Kier molecular flexibility index (Phi) is 4.33. The highest BCUT2D eigenvalue weighted by atomic mass is 79.9. The molecule has 98 valence electrons. The Labute approximate surface area is 119 Å². The van der Waals surface area contributed by atoms with Crippen LogP contribution in [0.5, 0.6) is 0 Å². The molecule has 5 heteroatoms. The number of benzene rings is 1. The Balaban J connectivity index is 2.20. The normalized spacial score (nSPS) is 24.1. The second kappa shape index (κ2) is 5.61. The van der Waals surface area contributed by atoms with E-state index in [1.165, 1.54) is 12.1 Å². The summed E-state index contributed by atoms with van der Waals surface area (Å²) in [6.45, 7) is 5.75. The molecular weight excluding hydrogens is 317 g/mol. The molecule has 1 heterocycles. The van der Waals surface area contributed by atoms with Crippen LogP contribution in [-0.4, -0.2) is 34.4 Å². The van der Waals surface area contributed by atoms with E-state index in [0.29, 0.717) is 20.5 Å². The standard InChI is InChI=1S/C13H15BrFNOS/c1-8-6-16(7-9(2)18-8)13(17)11-4-3-10(15)5-12(11)14/h3-5,8-9H,6-7H2,1-2H3. The smallest absolute Gasteiger partial charge is 0.255 e. The van der Waals surface area contributed by atoms with Crippen LogP contribution in [0.4, 0.5) is 4.39 Å². The van der Waals surface area contributed by atoms with Crippen LogP contribution in [0, 0.1) is 5.82 Å². The molecule has 1 saturated heterocycles. The van der Waals surface area contributed by atoms with Crippen molar-refractivity contribution in [2.75, 3.05) is 13.1 Å². The van der Waals surface area contributed by atoms with Gasteiger partial charge in [-0.1, -0.05) is 13.8 Å². The first kappa shape index (κ1) is 13.9. The SMILES string of the molecule is CC1CN(C(=O)c2ccc(F)cc2Br)CC(C)S1. The molecule has 0 bridgehead atoms. The molecule has 1 aliphatic heterocycles. The van der Waals surface area contributed by atoms with E-state index in [1.807, 2.05) is 16.7 Å². The molecule has 1 aromatic rings. The Morgan fingerprint density at radius 2 is 2.00 bits per heavy atom. The predicted octanol–water partition coefficient (Wildman–Crippen LogP) is 3.55. The van der Waals surface area contributed by atoms with E-state index in [0.717, 1.165) is 13.1 Å². The van der Waals surface area contributed by atoms with Crippen LogP contribution in [0.25, 0.3) is 0 Å². The average molecular weight is 332 g/mol. The Hall–Kier alpha value is -0.550.